The van der Waals surface area contributed by atoms with Crippen LogP contribution in [-0.2, 0) is 21.8 Å². The number of benzene rings is 2. The maximum atomic E-state index is 6.22. The van der Waals surface area contributed by atoms with Crippen molar-refractivity contribution in [1.82, 2.24) is 9.55 Å². The van der Waals surface area contributed by atoms with E-state index in [9.17, 15) is 0 Å². The molecule has 0 N–H and O–H groups in total. The highest BCUT2D eigenvalue weighted by Crippen LogP contribution is 2.44. The summed E-state index contributed by atoms with van der Waals surface area (Å²) in [5, 5.41) is 0. The van der Waals surface area contributed by atoms with Crippen LogP contribution in [0.15, 0.2) is 54.6 Å². The quantitative estimate of drug-likeness (QED) is 0.686. The average molecular weight is 278 g/mol. The van der Waals surface area contributed by atoms with Gasteiger partial charge in [0, 0.05) is 5.56 Å². The molecule has 104 valence electrons. The first-order chi connectivity index (χ1) is 10.4. The third kappa shape index (κ3) is 1.43. The van der Waals surface area contributed by atoms with Crippen molar-refractivity contribution >= 4 is 11.0 Å². The van der Waals surface area contributed by atoms with Crippen molar-refractivity contribution < 1.29 is 9.47 Å². The Morgan fingerprint density at radius 3 is 2.76 bits per heavy atom. The van der Waals surface area contributed by atoms with E-state index >= 15 is 0 Å². The van der Waals surface area contributed by atoms with Crippen LogP contribution < -0.4 is 0 Å². The number of nitrogens with zero attached hydrogens (tertiary/aromatic N) is 2. The van der Waals surface area contributed by atoms with E-state index in [-0.39, 0.29) is 6.10 Å². The Labute approximate surface area is 121 Å². The monoisotopic (exact) mass is 278 g/mol. The van der Waals surface area contributed by atoms with Crippen LogP contribution in [0.2, 0.25) is 0 Å². The first-order valence-electron chi connectivity index (χ1n) is 7.20. The summed E-state index contributed by atoms with van der Waals surface area (Å²) in [6.45, 7) is 1.40. The third-order valence-corrected chi connectivity index (χ3v) is 4.29. The van der Waals surface area contributed by atoms with Gasteiger partial charge in [-0.05, 0) is 12.1 Å². The van der Waals surface area contributed by atoms with Crippen LogP contribution in [0.4, 0.5) is 0 Å². The zero-order valence-corrected chi connectivity index (χ0v) is 11.4. The van der Waals surface area contributed by atoms with Gasteiger partial charge in [0.05, 0.1) is 24.2 Å². The molecule has 5 rings (SSSR count). The van der Waals surface area contributed by atoms with Crippen molar-refractivity contribution in [2.45, 2.75) is 18.4 Å². The Bertz CT molecular complexity index is 827. The molecule has 3 heterocycles. The van der Waals surface area contributed by atoms with E-state index in [0.717, 1.165) is 29.0 Å². The van der Waals surface area contributed by atoms with Crippen molar-refractivity contribution in [3.8, 4) is 0 Å². The zero-order valence-electron chi connectivity index (χ0n) is 11.4. The molecule has 2 atom stereocenters. The van der Waals surface area contributed by atoms with Gasteiger partial charge in [0.15, 0.2) is 5.82 Å². The van der Waals surface area contributed by atoms with Gasteiger partial charge in [-0.3, -0.25) is 0 Å². The molecule has 2 aliphatic heterocycles. The molecule has 2 aromatic carbocycles. The van der Waals surface area contributed by atoms with Crippen molar-refractivity contribution in [1.29, 1.82) is 0 Å². The summed E-state index contributed by atoms with van der Waals surface area (Å²) >= 11 is 0. The summed E-state index contributed by atoms with van der Waals surface area (Å²) in [5.41, 5.74) is 3.14. The normalized spacial score (nSPS) is 27.0. The molecule has 0 aliphatic carbocycles. The van der Waals surface area contributed by atoms with Crippen LogP contribution in [0.3, 0.4) is 0 Å². The topological polar surface area (TPSA) is 36.3 Å². The predicted molar refractivity (Wildman–Crippen MR) is 77.8 cm³/mol. The van der Waals surface area contributed by atoms with Gasteiger partial charge < -0.3 is 14.0 Å². The highest BCUT2D eigenvalue weighted by Gasteiger charge is 2.52. The van der Waals surface area contributed by atoms with E-state index in [0.29, 0.717) is 6.61 Å². The summed E-state index contributed by atoms with van der Waals surface area (Å²) < 4.78 is 14.6. The Hall–Kier alpha value is -2.17. The minimum Gasteiger partial charge on any atom is -0.337 e. The Morgan fingerprint density at radius 2 is 1.86 bits per heavy atom. The maximum Gasteiger partial charge on any atom is 0.256 e. The van der Waals surface area contributed by atoms with Crippen LogP contribution in [0.1, 0.15) is 11.4 Å². The van der Waals surface area contributed by atoms with Crippen LogP contribution in [0.5, 0.6) is 0 Å². The van der Waals surface area contributed by atoms with E-state index in [1.54, 1.807) is 0 Å². The van der Waals surface area contributed by atoms with Gasteiger partial charge in [0.25, 0.3) is 5.79 Å². The molecule has 1 fully saturated rings. The number of ether oxygens (including phenoxy) is 2. The second-order valence-electron chi connectivity index (χ2n) is 5.57. The van der Waals surface area contributed by atoms with Crippen molar-refractivity contribution in [3.63, 3.8) is 0 Å². The number of imidazole rings is 1. The molecule has 2 bridgehead atoms. The molecule has 1 aromatic heterocycles. The summed E-state index contributed by atoms with van der Waals surface area (Å²) in [6, 6.07) is 18.3. The SMILES string of the molecule is c1ccc([C@@]23OCC(Cn4c2nc2ccccc24)O3)cc1. The number of hydrogen-bond acceptors (Lipinski definition) is 3. The highest BCUT2D eigenvalue weighted by molar-refractivity contribution is 5.76. The lowest BCUT2D eigenvalue weighted by Crippen LogP contribution is -2.38. The van der Waals surface area contributed by atoms with Crippen LogP contribution in [0.25, 0.3) is 11.0 Å². The predicted octanol–water partition coefficient (Wildman–Crippen LogP) is 2.67. The maximum absolute atomic E-state index is 6.22. The summed E-state index contributed by atoms with van der Waals surface area (Å²) in [7, 11) is 0. The van der Waals surface area contributed by atoms with E-state index in [1.807, 2.05) is 48.5 Å². The van der Waals surface area contributed by atoms with Gasteiger partial charge in [-0.1, -0.05) is 42.5 Å². The Kier molecular flexibility index (Phi) is 2.15. The molecule has 0 radical (unpaired) electrons. The summed E-state index contributed by atoms with van der Waals surface area (Å²) in [5.74, 6) is -0.00734. The van der Waals surface area contributed by atoms with E-state index in [4.69, 9.17) is 14.5 Å². The molecule has 4 nitrogen and oxygen atoms in total. The molecule has 2 aliphatic rings. The molecule has 0 spiro atoms. The number of fused-ring (bicyclic) bond motifs is 6. The fourth-order valence-corrected chi connectivity index (χ4v) is 3.37. The van der Waals surface area contributed by atoms with Gasteiger partial charge in [-0.25, -0.2) is 4.98 Å². The first-order valence-corrected chi connectivity index (χ1v) is 7.20. The van der Waals surface area contributed by atoms with Gasteiger partial charge in [0.1, 0.15) is 6.10 Å². The standard InChI is InChI=1S/C17H14N2O2/c1-2-6-12(7-3-1)17-16-18-14-8-4-5-9-15(14)19(16)10-13(21-17)11-20-17/h1-9,13H,10-11H2/t13?,17-/m0/s1. The number of hydrogen-bond donors (Lipinski definition) is 0. The molecule has 21 heavy (non-hydrogen) atoms. The minimum absolute atomic E-state index is 0.0790. The fraction of sp³-hybridized carbons (Fsp3) is 0.235. The third-order valence-electron chi connectivity index (χ3n) is 4.29. The smallest absolute Gasteiger partial charge is 0.256 e. The molecule has 1 unspecified atom stereocenters. The second-order valence-corrected chi connectivity index (χ2v) is 5.57. The first kappa shape index (κ1) is 11.5. The van der Waals surface area contributed by atoms with Crippen molar-refractivity contribution in [2.24, 2.45) is 0 Å². The highest BCUT2D eigenvalue weighted by atomic mass is 16.7. The molecule has 0 saturated carbocycles. The average Bonchev–Trinajstić information content (AvgIpc) is 3.10. The lowest BCUT2D eigenvalue weighted by atomic mass is 10.0. The lowest BCUT2D eigenvalue weighted by molar-refractivity contribution is -0.162. The molecule has 3 aromatic rings. The van der Waals surface area contributed by atoms with Crippen LogP contribution in [0, 0.1) is 0 Å². The molecule has 0 amide bonds. The molecule has 4 heteroatoms. The largest absolute Gasteiger partial charge is 0.337 e. The minimum atomic E-state index is -0.858. The van der Waals surface area contributed by atoms with Gasteiger partial charge in [-0.2, -0.15) is 0 Å². The number of rotatable bonds is 1. The Balaban J connectivity index is 1.82. The van der Waals surface area contributed by atoms with Crippen LogP contribution in [-0.4, -0.2) is 22.3 Å². The van der Waals surface area contributed by atoms with Crippen molar-refractivity contribution in [2.75, 3.05) is 6.61 Å². The lowest BCUT2D eigenvalue weighted by Gasteiger charge is -2.32. The van der Waals surface area contributed by atoms with E-state index < -0.39 is 5.79 Å². The Morgan fingerprint density at radius 1 is 1.05 bits per heavy atom. The zero-order chi connectivity index (χ0) is 13.9. The van der Waals surface area contributed by atoms with E-state index in [2.05, 4.69) is 10.6 Å². The summed E-state index contributed by atoms with van der Waals surface area (Å²) in [6.07, 6.45) is 0.0790. The second kappa shape index (κ2) is 3.93. The number of para-hydroxylation sites is 2. The van der Waals surface area contributed by atoms with Crippen molar-refractivity contribution in [3.05, 3.63) is 66.0 Å². The van der Waals surface area contributed by atoms with Gasteiger partial charge in [0.2, 0.25) is 0 Å². The van der Waals surface area contributed by atoms with Gasteiger partial charge in [-0.15, -0.1) is 0 Å². The van der Waals surface area contributed by atoms with Crippen LogP contribution >= 0.6 is 0 Å². The van der Waals surface area contributed by atoms with Gasteiger partial charge >= 0.3 is 0 Å². The fourth-order valence-electron chi connectivity index (χ4n) is 3.37. The van der Waals surface area contributed by atoms with E-state index in [1.165, 1.54) is 0 Å². The summed E-state index contributed by atoms with van der Waals surface area (Å²) in [4.78, 5) is 4.79. The number of aromatic nitrogens is 2. The molecule has 1 saturated heterocycles. The molecular formula is C17H14N2O2. The molecular weight excluding hydrogens is 264 g/mol.